The third-order valence-corrected chi connectivity index (χ3v) is 5.11. The molecule has 10 heteroatoms. The summed E-state index contributed by atoms with van der Waals surface area (Å²) in [5.41, 5.74) is 8.24. The lowest BCUT2D eigenvalue weighted by Crippen LogP contribution is -2.47. The van der Waals surface area contributed by atoms with Crippen molar-refractivity contribution in [3.05, 3.63) is 46.9 Å². The Morgan fingerprint density at radius 2 is 2.20 bits per heavy atom. The highest BCUT2D eigenvalue weighted by Gasteiger charge is 2.35. The van der Waals surface area contributed by atoms with Crippen LogP contribution in [0.15, 0.2) is 33.6 Å². The van der Waals surface area contributed by atoms with Gasteiger partial charge < -0.3 is 19.5 Å². The number of H-pyrrole nitrogens is 1. The predicted octanol–water partition coefficient (Wildman–Crippen LogP) is 1.12. The molecule has 1 fully saturated rings. The fourth-order valence-electron chi connectivity index (χ4n) is 3.14. The Hall–Kier alpha value is -2.85. The maximum atomic E-state index is 6.68. The zero-order valence-corrected chi connectivity index (χ0v) is 17.7. The molecule has 30 heavy (non-hydrogen) atoms. The molecule has 1 aliphatic carbocycles. The number of aromatic amines is 1. The molecule has 0 spiro atoms. The van der Waals surface area contributed by atoms with Crippen molar-refractivity contribution in [1.29, 1.82) is 0 Å². The van der Waals surface area contributed by atoms with Crippen LogP contribution in [-0.2, 0) is 23.4 Å². The van der Waals surface area contributed by atoms with E-state index in [9.17, 15) is 0 Å². The summed E-state index contributed by atoms with van der Waals surface area (Å²) < 4.78 is 11.3. The third kappa shape index (κ3) is 4.82. The quantitative estimate of drug-likeness (QED) is 0.480. The van der Waals surface area contributed by atoms with Crippen molar-refractivity contribution in [2.24, 2.45) is 10.7 Å². The Balaban J connectivity index is 1.51. The summed E-state index contributed by atoms with van der Waals surface area (Å²) in [7, 11) is 4.00. The predicted molar refractivity (Wildman–Crippen MR) is 112 cm³/mol. The second-order valence-corrected chi connectivity index (χ2v) is 8.04. The van der Waals surface area contributed by atoms with Crippen molar-refractivity contribution in [1.82, 2.24) is 30.9 Å². The van der Waals surface area contributed by atoms with Gasteiger partial charge in [0, 0.05) is 24.6 Å². The van der Waals surface area contributed by atoms with Crippen molar-refractivity contribution < 1.29 is 9.26 Å². The molecule has 10 nitrogen and oxygen atoms in total. The molecule has 0 radical (unpaired) electrons. The van der Waals surface area contributed by atoms with E-state index in [1.807, 2.05) is 33.2 Å². The molecule has 4 rings (SSSR count). The van der Waals surface area contributed by atoms with Gasteiger partial charge in [-0.2, -0.15) is 5.10 Å². The highest BCUT2D eigenvalue weighted by atomic mass is 16.5. The molecule has 1 unspecified atom stereocenters. The SMILES string of the molecule is CCc1cc(CNC2=NC(N)(c3cc(C4CC4)n[nH]3)C=C(OCCN(C)C)N2)on1. The molecule has 0 aromatic carbocycles. The van der Waals surface area contributed by atoms with Gasteiger partial charge in [-0.05, 0) is 39.4 Å². The topological polar surface area (TPSA) is 130 Å². The van der Waals surface area contributed by atoms with E-state index in [1.54, 1.807) is 6.08 Å². The molecular weight excluding hydrogens is 384 g/mol. The fraction of sp³-hybridized carbons (Fsp3) is 0.550. The Morgan fingerprint density at radius 3 is 2.90 bits per heavy atom. The summed E-state index contributed by atoms with van der Waals surface area (Å²) in [4.78, 5) is 6.74. The summed E-state index contributed by atoms with van der Waals surface area (Å²) in [6.07, 6.45) is 4.95. The Morgan fingerprint density at radius 1 is 1.37 bits per heavy atom. The monoisotopic (exact) mass is 414 g/mol. The largest absolute Gasteiger partial charge is 0.478 e. The summed E-state index contributed by atoms with van der Waals surface area (Å²) in [6, 6.07) is 3.93. The molecule has 2 aliphatic rings. The van der Waals surface area contributed by atoms with Gasteiger partial charge >= 0.3 is 0 Å². The number of aryl methyl sites for hydroxylation is 1. The zero-order chi connectivity index (χ0) is 21.1. The van der Waals surface area contributed by atoms with Crippen LogP contribution in [0, 0.1) is 0 Å². The van der Waals surface area contributed by atoms with E-state index >= 15 is 0 Å². The number of aliphatic imine (C=N–C) groups is 1. The standard InChI is InChI=1S/C20H30N8O2/c1-4-14-9-15(30-27-14)12-22-19-23-18(29-8-7-28(2)3)11-20(21,24-19)17-10-16(25-26-17)13-5-6-13/h9-11,13H,4-8,12,21H2,1-3H3,(H,25,26)(H2,22,23,24). The number of nitrogens with zero attached hydrogens (tertiary/aromatic N) is 4. The van der Waals surface area contributed by atoms with Crippen molar-refractivity contribution in [3.8, 4) is 0 Å². The van der Waals surface area contributed by atoms with E-state index in [0.717, 1.165) is 35.8 Å². The lowest BCUT2D eigenvalue weighted by Gasteiger charge is -2.28. The average molecular weight is 415 g/mol. The number of hydrogen-bond acceptors (Lipinski definition) is 9. The minimum absolute atomic E-state index is 0.427. The summed E-state index contributed by atoms with van der Waals surface area (Å²) in [5, 5.41) is 17.9. The first-order chi connectivity index (χ1) is 14.4. The lowest BCUT2D eigenvalue weighted by atomic mass is 10.1. The third-order valence-electron chi connectivity index (χ3n) is 5.11. The molecule has 1 saturated carbocycles. The summed E-state index contributed by atoms with van der Waals surface area (Å²) in [5.74, 6) is 2.30. The number of nitrogens with one attached hydrogen (secondary N) is 3. The minimum atomic E-state index is -1.11. The molecule has 3 heterocycles. The first-order valence-corrected chi connectivity index (χ1v) is 10.4. The molecule has 2 aromatic rings. The lowest BCUT2D eigenvalue weighted by molar-refractivity contribution is 0.168. The smallest absolute Gasteiger partial charge is 0.201 e. The molecule has 0 saturated heterocycles. The fourth-order valence-corrected chi connectivity index (χ4v) is 3.14. The van der Waals surface area contributed by atoms with Crippen LogP contribution in [0.1, 0.15) is 48.5 Å². The van der Waals surface area contributed by atoms with Crippen LogP contribution in [0.5, 0.6) is 0 Å². The first-order valence-electron chi connectivity index (χ1n) is 10.4. The van der Waals surface area contributed by atoms with Crippen LogP contribution >= 0.6 is 0 Å². The van der Waals surface area contributed by atoms with E-state index in [-0.39, 0.29) is 0 Å². The van der Waals surface area contributed by atoms with Crippen LogP contribution in [0.25, 0.3) is 0 Å². The number of likely N-dealkylation sites (N-methyl/N-ethyl adjacent to an activating group) is 1. The van der Waals surface area contributed by atoms with Gasteiger partial charge in [0.05, 0.1) is 23.6 Å². The Kier molecular flexibility index (Phi) is 5.78. The van der Waals surface area contributed by atoms with E-state index in [4.69, 9.17) is 15.0 Å². The molecule has 162 valence electrons. The number of guanidine groups is 1. The Bertz CT molecular complexity index is 927. The highest BCUT2D eigenvalue weighted by Crippen LogP contribution is 2.40. The van der Waals surface area contributed by atoms with Crippen LogP contribution in [-0.4, -0.2) is 53.5 Å². The van der Waals surface area contributed by atoms with E-state index < -0.39 is 5.66 Å². The van der Waals surface area contributed by atoms with Crippen molar-refractivity contribution in [2.75, 3.05) is 27.2 Å². The van der Waals surface area contributed by atoms with E-state index in [1.165, 1.54) is 12.8 Å². The summed E-state index contributed by atoms with van der Waals surface area (Å²) in [6.45, 7) is 3.76. The normalized spacial score (nSPS) is 21.2. The molecule has 0 bridgehead atoms. The van der Waals surface area contributed by atoms with Gasteiger partial charge in [-0.25, -0.2) is 4.99 Å². The van der Waals surface area contributed by atoms with Crippen LogP contribution in [0.4, 0.5) is 0 Å². The van der Waals surface area contributed by atoms with Crippen LogP contribution in [0.2, 0.25) is 0 Å². The van der Waals surface area contributed by atoms with E-state index in [2.05, 4.69) is 35.9 Å². The molecule has 1 atom stereocenters. The molecule has 2 aromatic heterocycles. The van der Waals surface area contributed by atoms with E-state index in [0.29, 0.717) is 30.9 Å². The maximum Gasteiger partial charge on any atom is 0.201 e. The molecule has 5 N–H and O–H groups in total. The van der Waals surface area contributed by atoms with Crippen molar-refractivity contribution in [3.63, 3.8) is 0 Å². The van der Waals surface area contributed by atoms with Gasteiger partial charge in [-0.1, -0.05) is 12.1 Å². The second kappa shape index (κ2) is 8.49. The van der Waals surface area contributed by atoms with Gasteiger partial charge in [-0.3, -0.25) is 16.1 Å². The van der Waals surface area contributed by atoms with Gasteiger partial charge in [-0.15, -0.1) is 0 Å². The van der Waals surface area contributed by atoms with Crippen molar-refractivity contribution >= 4 is 5.96 Å². The Labute approximate surface area is 175 Å². The average Bonchev–Trinajstić information content (AvgIpc) is 3.25. The maximum absolute atomic E-state index is 6.68. The number of aromatic nitrogens is 3. The number of ether oxygens (including phenoxy) is 1. The number of hydrogen-bond donors (Lipinski definition) is 4. The second-order valence-electron chi connectivity index (χ2n) is 8.04. The van der Waals surface area contributed by atoms with Crippen LogP contribution < -0.4 is 16.4 Å². The molecule has 0 amide bonds. The van der Waals surface area contributed by atoms with Crippen molar-refractivity contribution in [2.45, 2.75) is 44.3 Å². The van der Waals surface area contributed by atoms with Crippen LogP contribution in [0.3, 0.4) is 0 Å². The zero-order valence-electron chi connectivity index (χ0n) is 17.7. The first kappa shape index (κ1) is 20.4. The minimum Gasteiger partial charge on any atom is -0.478 e. The van der Waals surface area contributed by atoms with Gasteiger partial charge in [0.2, 0.25) is 5.96 Å². The highest BCUT2D eigenvalue weighted by molar-refractivity contribution is 5.83. The van der Waals surface area contributed by atoms with Gasteiger partial charge in [0.15, 0.2) is 17.3 Å². The summed E-state index contributed by atoms with van der Waals surface area (Å²) >= 11 is 0. The number of rotatable bonds is 9. The van der Waals surface area contributed by atoms with Gasteiger partial charge in [0.1, 0.15) is 6.61 Å². The molecular formula is C20H30N8O2. The van der Waals surface area contributed by atoms with Gasteiger partial charge in [0.25, 0.3) is 0 Å². The molecule has 1 aliphatic heterocycles. The number of nitrogens with two attached hydrogens (primary N) is 1.